The molecule has 0 unspecified atom stereocenters. The van der Waals surface area contributed by atoms with Crippen molar-refractivity contribution in [3.8, 4) is 27.0 Å². The molecule has 29 heavy (non-hydrogen) atoms. The van der Waals surface area contributed by atoms with E-state index < -0.39 is 0 Å². The molecule has 1 saturated carbocycles. The van der Waals surface area contributed by atoms with Crippen molar-refractivity contribution in [3.63, 3.8) is 0 Å². The zero-order chi connectivity index (χ0) is 20.0. The Morgan fingerprint density at radius 1 is 1.21 bits per heavy atom. The highest BCUT2D eigenvalue weighted by atomic mass is 32.1. The average molecular weight is 421 g/mol. The van der Waals surface area contributed by atoms with Crippen molar-refractivity contribution in [2.75, 3.05) is 5.32 Å². The molecule has 1 amide bonds. The monoisotopic (exact) mass is 420 g/mol. The minimum atomic E-state index is 0.122. The van der Waals surface area contributed by atoms with Gasteiger partial charge in [0, 0.05) is 51.1 Å². The minimum absolute atomic E-state index is 0.122. The van der Waals surface area contributed by atoms with Gasteiger partial charge in [-0.1, -0.05) is 12.1 Å². The lowest BCUT2D eigenvalue weighted by Gasteiger charge is -2.06. The van der Waals surface area contributed by atoms with E-state index in [1.165, 1.54) is 0 Å². The molecule has 5 nitrogen and oxygen atoms in total. The largest absolute Gasteiger partial charge is 0.326 e. The summed E-state index contributed by atoms with van der Waals surface area (Å²) in [7, 11) is 0. The van der Waals surface area contributed by atoms with E-state index in [0.717, 1.165) is 56.9 Å². The molecule has 0 radical (unpaired) electrons. The van der Waals surface area contributed by atoms with Crippen LogP contribution < -0.4 is 5.32 Å². The van der Waals surface area contributed by atoms with Crippen LogP contribution in [0.3, 0.4) is 0 Å². The van der Waals surface area contributed by atoms with Gasteiger partial charge in [-0.25, -0.2) is 9.97 Å². The van der Waals surface area contributed by atoms with Crippen LogP contribution in [0.25, 0.3) is 27.0 Å². The number of hydrogen-bond donors (Lipinski definition) is 1. The number of nitrogens with zero attached hydrogens (tertiary/aromatic N) is 3. The van der Waals surface area contributed by atoms with Crippen molar-refractivity contribution < 1.29 is 4.79 Å². The molecule has 0 aliphatic heterocycles. The van der Waals surface area contributed by atoms with Crippen LogP contribution in [-0.4, -0.2) is 20.4 Å². The molecule has 1 aromatic carbocycles. The zero-order valence-electron chi connectivity index (χ0n) is 16.2. The number of carbonyl (C=O) groups excluding carboxylic acids is 1. The number of aromatic nitrogens is 3. The second kappa shape index (κ2) is 7.24. The van der Waals surface area contributed by atoms with Crippen molar-refractivity contribution in [2.45, 2.75) is 26.7 Å². The summed E-state index contributed by atoms with van der Waals surface area (Å²) < 4.78 is 2.17. The van der Waals surface area contributed by atoms with E-state index in [2.05, 4.69) is 40.2 Å². The molecule has 1 fully saturated rings. The number of anilines is 1. The van der Waals surface area contributed by atoms with Gasteiger partial charge in [0.15, 0.2) is 5.13 Å². The second-order valence-corrected chi connectivity index (χ2v) is 9.05. The Morgan fingerprint density at radius 2 is 2.07 bits per heavy atom. The molecule has 7 heteroatoms. The Labute approximate surface area is 177 Å². The van der Waals surface area contributed by atoms with E-state index in [1.54, 1.807) is 22.7 Å². The first-order valence-electron chi connectivity index (χ1n) is 9.56. The molecular formula is C22H20N4OS2. The lowest BCUT2D eigenvalue weighted by molar-refractivity contribution is -0.117. The fraction of sp³-hybridized carbons (Fsp3) is 0.227. The Balaban J connectivity index is 1.44. The quantitative estimate of drug-likeness (QED) is 0.451. The summed E-state index contributed by atoms with van der Waals surface area (Å²) in [5, 5.41) is 9.02. The standard InChI is InChI=1S/C22H20N4OS2/c1-13-10-18(14(2)26(13)22-23-8-9-28-22)19-12-29-21(25-19)16-4-3-5-17(11-16)24-20(27)15-6-7-15/h3-5,8-12,15H,6-7H2,1-2H3,(H,24,27). The van der Waals surface area contributed by atoms with Crippen LogP contribution in [0.2, 0.25) is 0 Å². The molecule has 0 saturated heterocycles. The lowest BCUT2D eigenvalue weighted by atomic mass is 10.2. The van der Waals surface area contributed by atoms with Crippen LogP contribution in [0.1, 0.15) is 24.2 Å². The molecule has 4 aromatic rings. The maximum atomic E-state index is 12.1. The summed E-state index contributed by atoms with van der Waals surface area (Å²) in [5.41, 5.74) is 6.22. The van der Waals surface area contributed by atoms with Crippen molar-refractivity contribution in [1.82, 2.24) is 14.5 Å². The number of hydrogen-bond acceptors (Lipinski definition) is 5. The fourth-order valence-electron chi connectivity index (χ4n) is 3.49. The summed E-state index contributed by atoms with van der Waals surface area (Å²) >= 11 is 3.25. The van der Waals surface area contributed by atoms with Crippen LogP contribution in [0, 0.1) is 19.8 Å². The summed E-state index contributed by atoms with van der Waals surface area (Å²) in [6, 6.07) is 10.1. The predicted octanol–water partition coefficient (Wildman–Crippen LogP) is 5.69. The third-order valence-electron chi connectivity index (χ3n) is 5.15. The van der Waals surface area contributed by atoms with Gasteiger partial charge in [0.1, 0.15) is 5.01 Å². The molecular weight excluding hydrogens is 400 g/mol. The van der Waals surface area contributed by atoms with Crippen LogP contribution in [-0.2, 0) is 4.79 Å². The van der Waals surface area contributed by atoms with E-state index in [1.807, 2.05) is 35.8 Å². The topological polar surface area (TPSA) is 59.8 Å². The molecule has 1 aliphatic rings. The van der Waals surface area contributed by atoms with E-state index in [-0.39, 0.29) is 11.8 Å². The molecule has 1 aliphatic carbocycles. The number of amides is 1. The maximum absolute atomic E-state index is 12.1. The van der Waals surface area contributed by atoms with Crippen LogP contribution in [0.4, 0.5) is 5.69 Å². The smallest absolute Gasteiger partial charge is 0.227 e. The van der Waals surface area contributed by atoms with Crippen molar-refractivity contribution >= 4 is 34.3 Å². The normalized spacial score (nSPS) is 13.6. The first kappa shape index (κ1) is 18.3. The SMILES string of the molecule is Cc1cc(-c2csc(-c3cccc(NC(=O)C4CC4)c3)n2)c(C)n1-c1nccs1. The van der Waals surface area contributed by atoms with Crippen molar-refractivity contribution in [3.05, 3.63) is 58.7 Å². The highest BCUT2D eigenvalue weighted by molar-refractivity contribution is 7.13. The first-order chi connectivity index (χ1) is 14.1. The Hall–Kier alpha value is -2.77. The van der Waals surface area contributed by atoms with Gasteiger partial charge in [0.2, 0.25) is 5.91 Å². The molecule has 146 valence electrons. The van der Waals surface area contributed by atoms with Gasteiger partial charge in [-0.15, -0.1) is 22.7 Å². The number of thiazole rings is 2. The summed E-state index contributed by atoms with van der Waals surface area (Å²) in [6.45, 7) is 4.20. The summed E-state index contributed by atoms with van der Waals surface area (Å²) in [5.74, 6) is 0.315. The molecule has 0 atom stereocenters. The molecule has 5 rings (SSSR count). The van der Waals surface area contributed by atoms with Gasteiger partial charge in [-0.3, -0.25) is 9.36 Å². The Morgan fingerprint density at radius 3 is 2.83 bits per heavy atom. The van der Waals surface area contributed by atoms with Crippen molar-refractivity contribution in [2.24, 2.45) is 5.92 Å². The number of rotatable bonds is 5. The molecule has 0 spiro atoms. The van der Waals surface area contributed by atoms with E-state index in [0.29, 0.717) is 0 Å². The maximum Gasteiger partial charge on any atom is 0.227 e. The second-order valence-electron chi connectivity index (χ2n) is 7.32. The van der Waals surface area contributed by atoms with Crippen LogP contribution in [0.5, 0.6) is 0 Å². The molecule has 3 heterocycles. The van der Waals surface area contributed by atoms with Gasteiger partial charge in [0.05, 0.1) is 5.69 Å². The highest BCUT2D eigenvalue weighted by Crippen LogP contribution is 2.35. The third kappa shape index (κ3) is 3.52. The van der Waals surface area contributed by atoms with Crippen molar-refractivity contribution in [1.29, 1.82) is 0 Å². The number of carbonyl (C=O) groups is 1. The predicted molar refractivity (Wildman–Crippen MR) is 119 cm³/mol. The van der Waals surface area contributed by atoms with Gasteiger partial charge in [-0.05, 0) is 44.9 Å². The summed E-state index contributed by atoms with van der Waals surface area (Å²) in [4.78, 5) is 21.4. The zero-order valence-corrected chi connectivity index (χ0v) is 17.8. The third-order valence-corrected chi connectivity index (χ3v) is 6.79. The molecule has 3 aromatic heterocycles. The molecule has 1 N–H and O–H groups in total. The van der Waals surface area contributed by atoms with Gasteiger partial charge >= 0.3 is 0 Å². The van der Waals surface area contributed by atoms with Gasteiger partial charge in [-0.2, -0.15) is 0 Å². The van der Waals surface area contributed by atoms with Crippen LogP contribution in [0.15, 0.2) is 47.3 Å². The van der Waals surface area contributed by atoms with Gasteiger partial charge in [0.25, 0.3) is 0 Å². The molecule has 0 bridgehead atoms. The van der Waals surface area contributed by atoms with Crippen LogP contribution >= 0.6 is 22.7 Å². The van der Waals surface area contributed by atoms with E-state index in [4.69, 9.17) is 4.98 Å². The average Bonchev–Trinajstić information content (AvgIpc) is 3.10. The number of benzene rings is 1. The minimum Gasteiger partial charge on any atom is -0.326 e. The Bertz CT molecular complexity index is 1190. The number of nitrogens with one attached hydrogen (secondary N) is 1. The van der Waals surface area contributed by atoms with Gasteiger partial charge < -0.3 is 5.32 Å². The fourth-order valence-corrected chi connectivity index (χ4v) is 5.06. The van der Waals surface area contributed by atoms with E-state index in [9.17, 15) is 4.79 Å². The lowest BCUT2D eigenvalue weighted by Crippen LogP contribution is -2.13. The highest BCUT2D eigenvalue weighted by Gasteiger charge is 2.29. The Kier molecular flexibility index (Phi) is 4.56. The summed E-state index contributed by atoms with van der Waals surface area (Å²) in [6.07, 6.45) is 3.83. The number of aryl methyl sites for hydroxylation is 1. The first-order valence-corrected chi connectivity index (χ1v) is 11.3. The van der Waals surface area contributed by atoms with E-state index >= 15 is 0 Å².